The van der Waals surface area contributed by atoms with Crippen molar-refractivity contribution in [2.24, 2.45) is 17.6 Å². The number of nitrogens with two attached hydrogens (primary N) is 2. The first-order valence-corrected chi connectivity index (χ1v) is 9.52. The number of carbonyl (C=O) groups is 4. The number of nitrogens with zero attached hydrogens (tertiary/aromatic N) is 1. The van der Waals surface area contributed by atoms with Crippen molar-refractivity contribution in [3.8, 4) is 0 Å². The number of amides is 4. The van der Waals surface area contributed by atoms with Gasteiger partial charge in [0.25, 0.3) is 5.91 Å². The summed E-state index contributed by atoms with van der Waals surface area (Å²) < 4.78 is 0. The number of quaternary nitrogens is 1. The minimum absolute atomic E-state index is 0.0979. The highest BCUT2D eigenvalue weighted by Crippen LogP contribution is 2.50. The highest BCUT2D eigenvalue weighted by Gasteiger charge is 2.74. The Labute approximate surface area is 162 Å². The lowest BCUT2D eigenvalue weighted by Gasteiger charge is -2.33. The van der Waals surface area contributed by atoms with E-state index in [-0.39, 0.29) is 30.2 Å². The number of rotatable bonds is 3. The van der Waals surface area contributed by atoms with E-state index in [9.17, 15) is 19.2 Å². The molecule has 1 spiro atoms. The minimum Gasteiger partial charge on any atom is -0.370 e. The van der Waals surface area contributed by atoms with Gasteiger partial charge in [0.1, 0.15) is 17.9 Å². The molecular weight excluding hydrogens is 360 g/mol. The molecule has 2 fully saturated rings. The Bertz CT molecular complexity index is 906. The molecule has 28 heavy (non-hydrogen) atoms. The highest BCUT2D eigenvalue weighted by atomic mass is 16.2. The van der Waals surface area contributed by atoms with Gasteiger partial charge < -0.3 is 16.4 Å². The van der Waals surface area contributed by atoms with Crippen LogP contribution in [0.3, 0.4) is 0 Å². The molecule has 3 aliphatic heterocycles. The van der Waals surface area contributed by atoms with E-state index in [1.165, 1.54) is 4.90 Å². The van der Waals surface area contributed by atoms with Gasteiger partial charge >= 0.3 is 0 Å². The molecule has 0 saturated carbocycles. The van der Waals surface area contributed by atoms with E-state index in [4.69, 9.17) is 5.73 Å². The number of likely N-dealkylation sites (tertiary alicyclic amines) is 1. The van der Waals surface area contributed by atoms with E-state index < -0.39 is 28.8 Å². The summed E-state index contributed by atoms with van der Waals surface area (Å²) in [6.45, 7) is 5.42. The van der Waals surface area contributed by atoms with E-state index in [0.29, 0.717) is 17.7 Å². The van der Waals surface area contributed by atoms with Crippen LogP contribution in [0.1, 0.15) is 39.2 Å². The largest absolute Gasteiger partial charge is 0.370 e. The second-order valence-corrected chi connectivity index (χ2v) is 8.89. The number of imide groups is 1. The molecule has 4 amide bonds. The topological polar surface area (TPSA) is 126 Å². The molecule has 1 aromatic carbocycles. The van der Waals surface area contributed by atoms with Crippen LogP contribution < -0.4 is 16.4 Å². The Morgan fingerprint density at radius 1 is 1.21 bits per heavy atom. The summed E-state index contributed by atoms with van der Waals surface area (Å²) >= 11 is 0. The predicted molar refractivity (Wildman–Crippen MR) is 99.5 cm³/mol. The molecule has 0 aliphatic carbocycles. The van der Waals surface area contributed by atoms with Crippen molar-refractivity contribution >= 4 is 29.3 Å². The maximum Gasteiger partial charge on any atom is 0.291 e. The molecule has 0 unspecified atom stereocenters. The van der Waals surface area contributed by atoms with Crippen LogP contribution in [0.5, 0.6) is 0 Å². The molecule has 3 aliphatic rings. The van der Waals surface area contributed by atoms with Crippen molar-refractivity contribution in [3.63, 3.8) is 0 Å². The summed E-state index contributed by atoms with van der Waals surface area (Å²) in [5, 5.41) is 4.69. The monoisotopic (exact) mass is 385 g/mol. The zero-order valence-corrected chi connectivity index (χ0v) is 16.2. The molecule has 4 atom stereocenters. The summed E-state index contributed by atoms with van der Waals surface area (Å²) in [7, 11) is 0. The summed E-state index contributed by atoms with van der Waals surface area (Å²) in [5.41, 5.74) is 4.81. The normalized spacial score (nSPS) is 31.3. The Morgan fingerprint density at radius 2 is 1.89 bits per heavy atom. The minimum atomic E-state index is -1.20. The van der Waals surface area contributed by atoms with Crippen LogP contribution in [0.25, 0.3) is 0 Å². The lowest BCUT2D eigenvalue weighted by atomic mass is 9.76. The number of hydrogen-bond acceptors (Lipinski definition) is 4. The van der Waals surface area contributed by atoms with Crippen molar-refractivity contribution in [1.82, 2.24) is 4.90 Å². The Kier molecular flexibility index (Phi) is 3.91. The number of benzene rings is 1. The van der Waals surface area contributed by atoms with Crippen molar-refractivity contribution in [2.45, 2.75) is 50.7 Å². The SMILES string of the molecule is CC(C)(C)N1C(=O)[C@H]2[C@@H](C1=O)[C@]1([NH2+][C@@H]2CCC(N)=O)C(=O)Nc2ccccc21. The average molecular weight is 385 g/mol. The number of nitrogens with one attached hydrogen (secondary N) is 1. The third kappa shape index (κ3) is 2.33. The lowest BCUT2D eigenvalue weighted by molar-refractivity contribution is -0.734. The van der Waals surface area contributed by atoms with Gasteiger partial charge in [-0.2, -0.15) is 0 Å². The van der Waals surface area contributed by atoms with Crippen molar-refractivity contribution < 1.29 is 24.5 Å². The molecule has 0 aromatic heterocycles. The van der Waals surface area contributed by atoms with E-state index in [0.717, 1.165) is 0 Å². The van der Waals surface area contributed by atoms with Gasteiger partial charge in [-0.05, 0) is 26.8 Å². The van der Waals surface area contributed by atoms with E-state index in [2.05, 4.69) is 5.32 Å². The summed E-state index contributed by atoms with van der Waals surface area (Å²) in [6.07, 6.45) is 0.436. The quantitative estimate of drug-likeness (QED) is 0.603. The van der Waals surface area contributed by atoms with Gasteiger partial charge in [-0.15, -0.1) is 0 Å². The molecule has 5 N–H and O–H groups in total. The van der Waals surface area contributed by atoms with Crippen molar-refractivity contribution in [1.29, 1.82) is 0 Å². The standard InChI is InChI=1S/C20H24N4O4/c1-19(2,3)24-16(26)14-12(8-9-13(21)25)23-20(15(14)17(24)27)10-6-4-5-7-11(10)22-18(20)28/h4-7,12,14-15,23H,8-9H2,1-3H3,(H2,21,25)(H,22,28)/p+1/t12-,14-,15+,20+/m1/s1. The van der Waals surface area contributed by atoms with Crippen LogP contribution in [0, 0.1) is 11.8 Å². The van der Waals surface area contributed by atoms with E-state index in [1.807, 2.05) is 23.5 Å². The van der Waals surface area contributed by atoms with E-state index >= 15 is 0 Å². The number of anilines is 1. The van der Waals surface area contributed by atoms with Crippen LogP contribution in [0.4, 0.5) is 5.69 Å². The van der Waals surface area contributed by atoms with Crippen LogP contribution >= 0.6 is 0 Å². The molecule has 0 bridgehead atoms. The molecule has 2 saturated heterocycles. The van der Waals surface area contributed by atoms with Gasteiger partial charge in [0.2, 0.25) is 23.3 Å². The number of fused-ring (bicyclic) bond motifs is 4. The molecule has 148 valence electrons. The van der Waals surface area contributed by atoms with Crippen LogP contribution in [-0.4, -0.2) is 40.1 Å². The second kappa shape index (κ2) is 5.88. The Balaban J connectivity index is 1.86. The molecule has 8 nitrogen and oxygen atoms in total. The lowest BCUT2D eigenvalue weighted by Crippen LogP contribution is -2.99. The first-order chi connectivity index (χ1) is 13.1. The van der Waals surface area contributed by atoms with Crippen molar-refractivity contribution in [2.75, 3.05) is 5.32 Å². The number of primary amides is 1. The molecule has 4 rings (SSSR count). The molecule has 3 heterocycles. The fraction of sp³-hybridized carbons (Fsp3) is 0.500. The molecule has 0 radical (unpaired) electrons. The van der Waals surface area contributed by atoms with Gasteiger partial charge in [-0.3, -0.25) is 24.1 Å². The number of carbonyl (C=O) groups excluding carboxylic acids is 4. The molecule has 8 heteroatoms. The van der Waals surface area contributed by atoms with Crippen LogP contribution in [0.15, 0.2) is 24.3 Å². The van der Waals surface area contributed by atoms with Crippen molar-refractivity contribution in [3.05, 3.63) is 29.8 Å². The maximum atomic E-state index is 13.5. The van der Waals surface area contributed by atoms with Gasteiger partial charge in [0, 0.05) is 23.9 Å². The van der Waals surface area contributed by atoms with Gasteiger partial charge in [-0.25, -0.2) is 0 Å². The third-order valence-electron chi connectivity index (χ3n) is 6.17. The van der Waals surface area contributed by atoms with Gasteiger partial charge in [-0.1, -0.05) is 18.2 Å². The first-order valence-electron chi connectivity index (χ1n) is 9.52. The zero-order valence-electron chi connectivity index (χ0n) is 16.2. The van der Waals surface area contributed by atoms with E-state index in [1.54, 1.807) is 26.8 Å². The van der Waals surface area contributed by atoms with Gasteiger partial charge in [0.15, 0.2) is 0 Å². The average Bonchev–Trinajstić information content (AvgIpc) is 3.17. The maximum absolute atomic E-state index is 13.5. The molecular formula is C20H25N4O4+. The zero-order chi connectivity index (χ0) is 20.4. The highest BCUT2D eigenvalue weighted by molar-refractivity contribution is 6.14. The fourth-order valence-electron chi connectivity index (χ4n) is 5.15. The second-order valence-electron chi connectivity index (χ2n) is 8.89. The predicted octanol–water partition coefficient (Wildman–Crippen LogP) is -0.555. The number of hydrogen-bond donors (Lipinski definition) is 3. The Morgan fingerprint density at radius 3 is 2.54 bits per heavy atom. The van der Waals surface area contributed by atoms with Crippen LogP contribution in [-0.2, 0) is 24.7 Å². The first kappa shape index (κ1) is 18.6. The number of para-hydroxylation sites is 1. The smallest absolute Gasteiger partial charge is 0.291 e. The van der Waals surface area contributed by atoms with Gasteiger partial charge in [0.05, 0.1) is 5.69 Å². The molecule has 1 aromatic rings. The summed E-state index contributed by atoms with van der Waals surface area (Å²) in [4.78, 5) is 52.6. The third-order valence-corrected chi connectivity index (χ3v) is 6.17. The fourth-order valence-corrected chi connectivity index (χ4v) is 5.15. The van der Waals surface area contributed by atoms with Crippen LogP contribution in [0.2, 0.25) is 0 Å². The summed E-state index contributed by atoms with van der Waals surface area (Å²) in [5.74, 6) is -2.83. The Hall–Kier alpha value is -2.74. The summed E-state index contributed by atoms with van der Waals surface area (Å²) in [6, 6.07) is 6.89.